The summed E-state index contributed by atoms with van der Waals surface area (Å²) in [7, 11) is 0. The summed E-state index contributed by atoms with van der Waals surface area (Å²) in [6.07, 6.45) is 0.0291. The molecule has 0 bridgehead atoms. The van der Waals surface area contributed by atoms with E-state index in [1.807, 2.05) is 0 Å². The van der Waals surface area contributed by atoms with Gasteiger partial charge < -0.3 is 15.1 Å². The molecule has 2 N–H and O–H groups in total. The van der Waals surface area contributed by atoms with Crippen molar-refractivity contribution in [1.82, 2.24) is 4.90 Å². The number of carbonyl (C=O) groups excluding carboxylic acids is 1. The zero-order chi connectivity index (χ0) is 8.72. The average molecular weight is 171 g/mol. The van der Waals surface area contributed by atoms with Crippen LogP contribution in [0.2, 0.25) is 0 Å². The number of aliphatic hydroxyl groups excluding tert-OH is 2. The summed E-state index contributed by atoms with van der Waals surface area (Å²) in [5.74, 6) is 1.05. The fourth-order valence-electron chi connectivity index (χ4n) is 1.87. The molecule has 3 unspecified atom stereocenters. The minimum absolute atomic E-state index is 0.315. The van der Waals surface area contributed by atoms with Crippen molar-refractivity contribution in [3.63, 3.8) is 0 Å². The van der Waals surface area contributed by atoms with Gasteiger partial charge in [0.15, 0.2) is 6.10 Å². The number of hydrogen-bond donors (Lipinski definition) is 2. The van der Waals surface area contributed by atoms with E-state index in [0.29, 0.717) is 11.8 Å². The normalized spacial score (nSPS) is 34.7. The van der Waals surface area contributed by atoms with E-state index in [-0.39, 0.29) is 5.91 Å². The zero-order valence-corrected chi connectivity index (χ0v) is 6.81. The largest absolute Gasteiger partial charge is 0.393 e. The summed E-state index contributed by atoms with van der Waals surface area (Å²) in [5.41, 5.74) is 0. The quantitative estimate of drug-likeness (QED) is 0.549. The van der Waals surface area contributed by atoms with Crippen LogP contribution in [-0.4, -0.2) is 46.8 Å². The minimum atomic E-state index is -1.21. The molecule has 2 fully saturated rings. The molecule has 2 rings (SSSR count). The van der Waals surface area contributed by atoms with Gasteiger partial charge in [-0.15, -0.1) is 0 Å². The van der Waals surface area contributed by atoms with Crippen LogP contribution in [0, 0.1) is 11.8 Å². The van der Waals surface area contributed by atoms with E-state index in [9.17, 15) is 4.79 Å². The van der Waals surface area contributed by atoms with E-state index in [1.54, 1.807) is 4.90 Å². The van der Waals surface area contributed by atoms with Gasteiger partial charge in [-0.05, 0) is 18.3 Å². The summed E-state index contributed by atoms with van der Waals surface area (Å²) >= 11 is 0. The Kier molecular flexibility index (Phi) is 1.81. The Balaban J connectivity index is 1.88. The van der Waals surface area contributed by atoms with Gasteiger partial charge in [-0.25, -0.2) is 0 Å². The van der Waals surface area contributed by atoms with Crippen molar-refractivity contribution in [3.8, 4) is 0 Å². The molecule has 0 aromatic rings. The van der Waals surface area contributed by atoms with Crippen molar-refractivity contribution < 1.29 is 15.0 Å². The summed E-state index contributed by atoms with van der Waals surface area (Å²) in [5, 5.41) is 17.6. The van der Waals surface area contributed by atoms with Crippen molar-refractivity contribution >= 4 is 5.91 Å². The predicted octanol–water partition coefficient (Wildman–Crippen LogP) is -1.18. The number of piperidine rings is 1. The van der Waals surface area contributed by atoms with Crippen molar-refractivity contribution in [2.45, 2.75) is 12.5 Å². The second-order valence-corrected chi connectivity index (χ2v) is 3.70. The number of carbonyl (C=O) groups is 1. The standard InChI is InChI=1S/C8H13NO3/c10-4-7(11)8(12)9-2-5-1-6(5)3-9/h5-7,10-11H,1-4H2. The lowest BCUT2D eigenvalue weighted by Gasteiger charge is -2.20. The summed E-state index contributed by atoms with van der Waals surface area (Å²) in [6, 6.07) is 0. The van der Waals surface area contributed by atoms with Crippen molar-refractivity contribution in [2.24, 2.45) is 11.8 Å². The van der Waals surface area contributed by atoms with Crippen LogP contribution in [0.15, 0.2) is 0 Å². The topological polar surface area (TPSA) is 60.8 Å². The average Bonchev–Trinajstić information content (AvgIpc) is 2.71. The Morgan fingerprint density at radius 1 is 1.50 bits per heavy atom. The molecule has 68 valence electrons. The molecule has 1 heterocycles. The maximum absolute atomic E-state index is 11.3. The number of fused-ring (bicyclic) bond motifs is 1. The van der Waals surface area contributed by atoms with Gasteiger partial charge in [0.05, 0.1) is 6.61 Å². The maximum atomic E-state index is 11.3. The van der Waals surface area contributed by atoms with E-state index in [2.05, 4.69) is 0 Å². The smallest absolute Gasteiger partial charge is 0.253 e. The van der Waals surface area contributed by atoms with Gasteiger partial charge in [-0.3, -0.25) is 4.79 Å². The Bertz CT molecular complexity index is 196. The summed E-state index contributed by atoms with van der Waals surface area (Å²) in [6.45, 7) is 1.09. The van der Waals surface area contributed by atoms with E-state index in [4.69, 9.17) is 10.2 Å². The van der Waals surface area contributed by atoms with Crippen LogP contribution in [0.4, 0.5) is 0 Å². The predicted molar refractivity (Wildman–Crippen MR) is 41.3 cm³/mol. The first-order chi connectivity index (χ1) is 5.72. The fraction of sp³-hybridized carbons (Fsp3) is 0.875. The van der Waals surface area contributed by atoms with Gasteiger partial charge in [0.2, 0.25) is 0 Å². The molecule has 0 spiro atoms. The molecule has 1 saturated heterocycles. The third-order valence-electron chi connectivity index (χ3n) is 2.75. The second-order valence-electron chi connectivity index (χ2n) is 3.70. The van der Waals surface area contributed by atoms with Crippen LogP contribution in [-0.2, 0) is 4.79 Å². The van der Waals surface area contributed by atoms with E-state index >= 15 is 0 Å². The molecular weight excluding hydrogens is 158 g/mol. The highest BCUT2D eigenvalue weighted by molar-refractivity contribution is 5.81. The number of amides is 1. The van der Waals surface area contributed by atoms with Crippen LogP contribution in [0.3, 0.4) is 0 Å². The molecule has 0 aromatic heterocycles. The monoisotopic (exact) mass is 171 g/mol. The molecule has 4 heteroatoms. The molecule has 1 saturated carbocycles. The molecule has 2 aliphatic rings. The van der Waals surface area contributed by atoms with Crippen LogP contribution >= 0.6 is 0 Å². The molecule has 1 aliphatic carbocycles. The van der Waals surface area contributed by atoms with E-state index in [0.717, 1.165) is 13.1 Å². The number of aliphatic hydroxyl groups is 2. The molecule has 3 atom stereocenters. The molecule has 4 nitrogen and oxygen atoms in total. The summed E-state index contributed by atoms with van der Waals surface area (Å²) < 4.78 is 0. The van der Waals surface area contributed by atoms with Crippen LogP contribution in [0.1, 0.15) is 6.42 Å². The lowest BCUT2D eigenvalue weighted by atomic mass is 10.3. The molecule has 1 amide bonds. The number of hydrogen-bond acceptors (Lipinski definition) is 3. The van der Waals surface area contributed by atoms with Gasteiger partial charge in [0.1, 0.15) is 0 Å². The number of nitrogens with zero attached hydrogens (tertiary/aromatic N) is 1. The Morgan fingerprint density at radius 2 is 2.08 bits per heavy atom. The van der Waals surface area contributed by atoms with Gasteiger partial charge in [-0.2, -0.15) is 0 Å². The first-order valence-electron chi connectivity index (χ1n) is 4.30. The van der Waals surface area contributed by atoms with Gasteiger partial charge in [0.25, 0.3) is 5.91 Å². The Hall–Kier alpha value is -0.610. The van der Waals surface area contributed by atoms with Gasteiger partial charge >= 0.3 is 0 Å². The second kappa shape index (κ2) is 2.71. The van der Waals surface area contributed by atoms with Gasteiger partial charge in [-0.1, -0.05) is 0 Å². The number of rotatable bonds is 2. The number of likely N-dealkylation sites (tertiary alicyclic amines) is 1. The third kappa shape index (κ3) is 1.21. The molecule has 12 heavy (non-hydrogen) atoms. The van der Waals surface area contributed by atoms with Gasteiger partial charge in [0, 0.05) is 13.1 Å². The fourth-order valence-corrected chi connectivity index (χ4v) is 1.87. The summed E-state index contributed by atoms with van der Waals surface area (Å²) in [4.78, 5) is 12.9. The molecule has 0 aromatic carbocycles. The van der Waals surface area contributed by atoms with Crippen molar-refractivity contribution in [1.29, 1.82) is 0 Å². The highest BCUT2D eigenvalue weighted by Gasteiger charge is 2.47. The van der Waals surface area contributed by atoms with Crippen LogP contribution in [0.25, 0.3) is 0 Å². The first-order valence-corrected chi connectivity index (χ1v) is 4.30. The molecule has 0 radical (unpaired) electrons. The Labute approximate surface area is 70.8 Å². The lowest BCUT2D eigenvalue weighted by molar-refractivity contribution is -0.141. The minimum Gasteiger partial charge on any atom is -0.393 e. The highest BCUT2D eigenvalue weighted by atomic mass is 16.3. The molecule has 1 aliphatic heterocycles. The third-order valence-corrected chi connectivity index (χ3v) is 2.75. The van der Waals surface area contributed by atoms with Crippen LogP contribution < -0.4 is 0 Å². The van der Waals surface area contributed by atoms with Crippen molar-refractivity contribution in [2.75, 3.05) is 19.7 Å². The van der Waals surface area contributed by atoms with E-state index < -0.39 is 12.7 Å². The first kappa shape index (κ1) is 8.01. The van der Waals surface area contributed by atoms with Crippen LogP contribution in [0.5, 0.6) is 0 Å². The van der Waals surface area contributed by atoms with Crippen molar-refractivity contribution in [3.05, 3.63) is 0 Å². The lowest BCUT2D eigenvalue weighted by Crippen LogP contribution is -2.40. The SMILES string of the molecule is O=C(C(O)CO)N1CC2CC2C1. The van der Waals surface area contributed by atoms with E-state index in [1.165, 1.54) is 6.42 Å². The zero-order valence-electron chi connectivity index (χ0n) is 6.81. The highest BCUT2D eigenvalue weighted by Crippen LogP contribution is 2.44. The Morgan fingerprint density at radius 3 is 2.58 bits per heavy atom. The maximum Gasteiger partial charge on any atom is 0.253 e. The molecular formula is C8H13NO3.